The average Bonchev–Trinajstić information content (AvgIpc) is 3.06. The Balaban J connectivity index is 1.91. The van der Waals surface area contributed by atoms with E-state index < -0.39 is 0 Å². The molecule has 4 aromatic rings. The van der Waals surface area contributed by atoms with Crippen molar-refractivity contribution < 1.29 is 14.9 Å². The highest BCUT2D eigenvalue weighted by molar-refractivity contribution is 9.10. The fraction of sp³-hybridized carbons (Fsp3) is 0.0476. The molecule has 2 aromatic carbocycles. The number of hydrogen-bond donors (Lipinski definition) is 2. The van der Waals surface area contributed by atoms with Crippen molar-refractivity contribution in [1.82, 2.24) is 9.38 Å². The van der Waals surface area contributed by atoms with E-state index in [-0.39, 0.29) is 11.5 Å². The summed E-state index contributed by atoms with van der Waals surface area (Å²) in [5.41, 5.74) is 2.64. The molecule has 0 saturated heterocycles. The van der Waals surface area contributed by atoms with Crippen LogP contribution in [0.4, 0.5) is 5.82 Å². The molecule has 4 rings (SSSR count). The maximum Gasteiger partial charge on any atom is 0.165 e. The number of nitrogens with zero attached hydrogens (tertiary/aromatic N) is 3. The number of hydrogen-bond acceptors (Lipinski definition) is 5. The van der Waals surface area contributed by atoms with Gasteiger partial charge in [0.2, 0.25) is 0 Å². The molecule has 146 valence electrons. The zero-order valence-corrected chi connectivity index (χ0v) is 18.3. The summed E-state index contributed by atoms with van der Waals surface area (Å²) in [6, 6.07) is 13.9. The summed E-state index contributed by atoms with van der Waals surface area (Å²) in [4.78, 5) is 9.33. The Bertz CT molecular complexity index is 1250. The van der Waals surface area contributed by atoms with E-state index in [0.29, 0.717) is 28.5 Å². The molecule has 0 aliphatic heterocycles. The average molecular weight is 517 g/mol. The first kappa shape index (κ1) is 19.5. The smallest absolute Gasteiger partial charge is 0.165 e. The summed E-state index contributed by atoms with van der Waals surface area (Å²) in [5.74, 6) is 1.10. The zero-order chi connectivity index (χ0) is 20.5. The van der Waals surface area contributed by atoms with Crippen LogP contribution in [-0.2, 0) is 0 Å². The number of methoxy groups -OCH3 is 1. The molecule has 8 heteroatoms. The second-order valence-corrected chi connectivity index (χ2v) is 8.04. The number of phenols is 2. The molecule has 0 fully saturated rings. The van der Waals surface area contributed by atoms with Crippen molar-refractivity contribution in [3.63, 3.8) is 0 Å². The van der Waals surface area contributed by atoms with Gasteiger partial charge in [-0.05, 0) is 64.5 Å². The molecule has 0 atom stereocenters. The summed E-state index contributed by atoms with van der Waals surface area (Å²) in [7, 11) is 1.49. The van der Waals surface area contributed by atoms with Crippen LogP contribution in [0, 0.1) is 0 Å². The van der Waals surface area contributed by atoms with Gasteiger partial charge in [0.05, 0.1) is 7.11 Å². The number of phenolic OH excluding ortho intramolecular Hbond substituents is 2. The molecule has 0 radical (unpaired) electrons. The normalized spacial score (nSPS) is 11.4. The first-order valence-corrected chi connectivity index (χ1v) is 10.1. The van der Waals surface area contributed by atoms with Crippen LogP contribution < -0.4 is 4.74 Å². The lowest BCUT2D eigenvalue weighted by atomic mass is 10.1. The van der Waals surface area contributed by atoms with E-state index in [1.54, 1.807) is 42.6 Å². The van der Waals surface area contributed by atoms with E-state index in [1.807, 2.05) is 22.7 Å². The predicted octanol–water partition coefficient (Wildman–Crippen LogP) is 5.70. The highest BCUT2D eigenvalue weighted by atomic mass is 79.9. The fourth-order valence-corrected chi connectivity index (χ4v) is 3.62. The number of rotatable bonds is 4. The number of aromatic hydroxyl groups is 2. The Morgan fingerprint density at radius 1 is 1.00 bits per heavy atom. The predicted molar refractivity (Wildman–Crippen MR) is 120 cm³/mol. The summed E-state index contributed by atoms with van der Waals surface area (Å²) in [5, 5.41) is 20.0. The highest BCUT2D eigenvalue weighted by Crippen LogP contribution is 2.36. The molecule has 0 unspecified atom stereocenters. The van der Waals surface area contributed by atoms with Gasteiger partial charge in [0.1, 0.15) is 17.1 Å². The molecule has 0 aliphatic rings. The third-order valence-electron chi connectivity index (χ3n) is 4.33. The van der Waals surface area contributed by atoms with Crippen molar-refractivity contribution in [3.8, 4) is 28.5 Å². The Kier molecular flexibility index (Phi) is 5.29. The van der Waals surface area contributed by atoms with E-state index in [0.717, 1.165) is 14.5 Å². The van der Waals surface area contributed by atoms with Crippen molar-refractivity contribution in [2.75, 3.05) is 7.11 Å². The third-order valence-corrected chi connectivity index (χ3v) is 5.29. The first-order chi connectivity index (χ1) is 14.0. The van der Waals surface area contributed by atoms with Crippen molar-refractivity contribution >= 4 is 49.5 Å². The third kappa shape index (κ3) is 3.86. The van der Waals surface area contributed by atoms with Gasteiger partial charge < -0.3 is 14.9 Å². The first-order valence-electron chi connectivity index (χ1n) is 8.54. The standard InChI is InChI=1S/C21H15Br2N3O3/c1-29-18-9-12(2-5-17(18)28)20-21(26-11-15(23)4-7-19(26)25-20)24-10-13-8-14(22)3-6-16(13)27/h2-11,27-28H,1H3. The summed E-state index contributed by atoms with van der Waals surface area (Å²) in [6.07, 6.45) is 3.46. The van der Waals surface area contributed by atoms with Crippen LogP contribution in [0.25, 0.3) is 16.9 Å². The van der Waals surface area contributed by atoms with Gasteiger partial charge in [-0.3, -0.25) is 4.40 Å². The Morgan fingerprint density at radius 3 is 2.55 bits per heavy atom. The molecule has 0 bridgehead atoms. The van der Waals surface area contributed by atoms with Crippen LogP contribution >= 0.6 is 31.9 Å². The van der Waals surface area contributed by atoms with Crippen LogP contribution in [0.15, 0.2) is 68.7 Å². The van der Waals surface area contributed by atoms with E-state index in [9.17, 15) is 10.2 Å². The summed E-state index contributed by atoms with van der Waals surface area (Å²) in [6.45, 7) is 0. The van der Waals surface area contributed by atoms with Crippen LogP contribution in [0.2, 0.25) is 0 Å². The Morgan fingerprint density at radius 2 is 1.76 bits per heavy atom. The molecule has 0 spiro atoms. The second kappa shape index (κ2) is 7.88. The number of aliphatic imine (C=N–C) groups is 1. The molecule has 6 nitrogen and oxygen atoms in total. The highest BCUT2D eigenvalue weighted by Gasteiger charge is 2.16. The van der Waals surface area contributed by atoms with Crippen LogP contribution in [0.3, 0.4) is 0 Å². The number of ether oxygens (including phenoxy) is 1. The van der Waals surface area contributed by atoms with Gasteiger partial charge in [-0.2, -0.15) is 0 Å². The van der Waals surface area contributed by atoms with Crippen molar-refractivity contribution in [2.24, 2.45) is 4.99 Å². The summed E-state index contributed by atoms with van der Waals surface area (Å²) < 4.78 is 8.79. The van der Waals surface area contributed by atoms with Crippen molar-refractivity contribution in [2.45, 2.75) is 0 Å². The molecule has 0 aliphatic carbocycles. The van der Waals surface area contributed by atoms with Crippen LogP contribution in [0.5, 0.6) is 17.2 Å². The zero-order valence-electron chi connectivity index (χ0n) is 15.2. The van der Waals surface area contributed by atoms with Gasteiger partial charge in [0.15, 0.2) is 17.3 Å². The van der Waals surface area contributed by atoms with Gasteiger partial charge in [-0.1, -0.05) is 15.9 Å². The quantitative estimate of drug-likeness (QED) is 0.341. The van der Waals surface area contributed by atoms with Gasteiger partial charge in [0.25, 0.3) is 0 Å². The second-order valence-electron chi connectivity index (χ2n) is 6.21. The van der Waals surface area contributed by atoms with E-state index in [1.165, 1.54) is 7.11 Å². The van der Waals surface area contributed by atoms with Gasteiger partial charge in [0, 0.05) is 32.5 Å². The van der Waals surface area contributed by atoms with Gasteiger partial charge >= 0.3 is 0 Å². The molecule has 0 amide bonds. The van der Waals surface area contributed by atoms with E-state index in [4.69, 9.17) is 9.72 Å². The van der Waals surface area contributed by atoms with Crippen LogP contribution in [-0.4, -0.2) is 32.9 Å². The minimum absolute atomic E-state index is 0.0480. The molecule has 2 N–H and O–H groups in total. The van der Waals surface area contributed by atoms with Crippen molar-refractivity contribution in [3.05, 3.63) is 69.2 Å². The van der Waals surface area contributed by atoms with E-state index in [2.05, 4.69) is 36.9 Å². The topological polar surface area (TPSA) is 79.4 Å². The maximum atomic E-state index is 10.1. The lowest BCUT2D eigenvalue weighted by molar-refractivity contribution is 0.373. The lowest BCUT2D eigenvalue weighted by Crippen LogP contribution is -1.88. The molecular formula is C21H15Br2N3O3. The lowest BCUT2D eigenvalue weighted by Gasteiger charge is -2.06. The van der Waals surface area contributed by atoms with Gasteiger partial charge in [-0.25, -0.2) is 9.98 Å². The molecule has 29 heavy (non-hydrogen) atoms. The molecular weight excluding hydrogens is 502 g/mol. The SMILES string of the molecule is COc1cc(-c2nc3ccc(Br)cn3c2N=Cc2cc(Br)ccc2O)ccc1O. The molecule has 0 saturated carbocycles. The minimum Gasteiger partial charge on any atom is -0.507 e. The largest absolute Gasteiger partial charge is 0.507 e. The number of aromatic nitrogens is 2. The number of halogens is 2. The maximum absolute atomic E-state index is 10.1. The van der Waals surface area contributed by atoms with E-state index >= 15 is 0 Å². The monoisotopic (exact) mass is 515 g/mol. The fourth-order valence-electron chi connectivity index (χ4n) is 2.91. The van der Waals surface area contributed by atoms with Crippen molar-refractivity contribution in [1.29, 1.82) is 0 Å². The molecule has 2 heterocycles. The number of imidazole rings is 1. The summed E-state index contributed by atoms with van der Waals surface area (Å²) >= 11 is 6.89. The molecule has 2 aromatic heterocycles. The van der Waals surface area contributed by atoms with Crippen LogP contribution in [0.1, 0.15) is 5.56 Å². The number of benzene rings is 2. The Hall–Kier alpha value is -2.84. The number of fused-ring (bicyclic) bond motifs is 1. The van der Waals surface area contributed by atoms with Gasteiger partial charge in [-0.15, -0.1) is 0 Å². The number of pyridine rings is 1. The minimum atomic E-state index is 0.0480. The Labute approximate surface area is 183 Å².